The number of aromatic nitrogens is 2. The van der Waals surface area contributed by atoms with E-state index in [-0.39, 0.29) is 12.1 Å². The van der Waals surface area contributed by atoms with Crippen molar-refractivity contribution in [3.05, 3.63) is 106 Å². The summed E-state index contributed by atoms with van der Waals surface area (Å²) >= 11 is 12.4. The van der Waals surface area contributed by atoms with Crippen LogP contribution in [0.4, 0.5) is 11.4 Å². The predicted octanol–water partition coefficient (Wildman–Crippen LogP) is 6.46. The van der Waals surface area contributed by atoms with Crippen LogP contribution in [0.3, 0.4) is 0 Å². The van der Waals surface area contributed by atoms with Crippen molar-refractivity contribution in [1.82, 2.24) is 14.9 Å². The third-order valence-electron chi connectivity index (χ3n) is 7.80. The highest BCUT2D eigenvalue weighted by Crippen LogP contribution is 2.44. The molecule has 6 nitrogen and oxygen atoms in total. The van der Waals surface area contributed by atoms with Gasteiger partial charge in [0, 0.05) is 52.8 Å². The summed E-state index contributed by atoms with van der Waals surface area (Å²) < 4.78 is 7.83. The van der Waals surface area contributed by atoms with Crippen molar-refractivity contribution >= 4 is 40.3 Å². The molecule has 2 aromatic heterocycles. The van der Waals surface area contributed by atoms with Crippen molar-refractivity contribution in [2.24, 2.45) is 0 Å². The van der Waals surface area contributed by atoms with Crippen LogP contribution in [0, 0.1) is 20.8 Å². The number of halogens is 1. The van der Waals surface area contributed by atoms with Crippen LogP contribution in [0.15, 0.2) is 72.9 Å². The van der Waals surface area contributed by atoms with Gasteiger partial charge in [0.15, 0.2) is 5.11 Å². The van der Waals surface area contributed by atoms with Gasteiger partial charge in [0.05, 0.1) is 31.0 Å². The van der Waals surface area contributed by atoms with Crippen molar-refractivity contribution < 1.29 is 4.74 Å². The Bertz CT molecular complexity index is 1500. The van der Waals surface area contributed by atoms with E-state index in [0.29, 0.717) is 5.11 Å². The number of thiocarbonyl (C=S) groups is 1. The summed E-state index contributed by atoms with van der Waals surface area (Å²) in [6.45, 7) is 9.78. The van der Waals surface area contributed by atoms with Crippen LogP contribution in [-0.4, -0.2) is 41.0 Å². The molecule has 4 heterocycles. The molecular formula is C31H32ClN5OS. The highest BCUT2D eigenvalue weighted by Gasteiger charge is 2.42. The maximum absolute atomic E-state index is 6.43. The molecule has 2 aliphatic heterocycles. The van der Waals surface area contributed by atoms with Gasteiger partial charge < -0.3 is 24.4 Å². The average molecular weight is 558 g/mol. The standard InChI is InChI=1S/C31H32ClN5OS/c1-20-7-8-23(32)19-28(20)36-21(2)18-26(22(36)3)30-29(27-6-4-5-13-33-27)34-31(39)37(30)25-11-9-24(10-12-25)35-14-16-38-17-15-35/h4-13,18-19,29-30H,14-17H2,1-3H3,(H,34,39)/t29-,30-/m1/s1. The average Bonchev–Trinajstić information content (AvgIpc) is 3.45. The van der Waals surface area contributed by atoms with E-state index in [1.807, 2.05) is 30.5 Å². The molecule has 4 aromatic rings. The molecule has 1 N–H and O–H groups in total. The number of aryl methyl sites for hydroxylation is 2. The minimum atomic E-state index is -0.105. The first kappa shape index (κ1) is 25.9. The molecule has 8 heteroatoms. The molecular weight excluding hydrogens is 526 g/mol. The Kier molecular flexibility index (Phi) is 7.06. The van der Waals surface area contributed by atoms with Gasteiger partial charge in [0.25, 0.3) is 0 Å². The van der Waals surface area contributed by atoms with Crippen molar-refractivity contribution in [3.8, 4) is 5.69 Å². The number of nitrogens with zero attached hydrogens (tertiary/aromatic N) is 4. The Morgan fingerprint density at radius 2 is 1.69 bits per heavy atom. The number of rotatable bonds is 5. The van der Waals surface area contributed by atoms with E-state index >= 15 is 0 Å². The van der Waals surface area contributed by atoms with Gasteiger partial charge in [-0.2, -0.15) is 0 Å². The van der Waals surface area contributed by atoms with E-state index in [1.165, 1.54) is 16.8 Å². The summed E-state index contributed by atoms with van der Waals surface area (Å²) in [5.41, 5.74) is 8.98. The van der Waals surface area contributed by atoms with E-state index in [9.17, 15) is 0 Å². The van der Waals surface area contributed by atoms with Crippen LogP contribution in [-0.2, 0) is 4.74 Å². The zero-order valence-corrected chi connectivity index (χ0v) is 24.0. The molecule has 2 atom stereocenters. The lowest BCUT2D eigenvalue weighted by molar-refractivity contribution is 0.122. The van der Waals surface area contributed by atoms with Crippen molar-refractivity contribution in [2.75, 3.05) is 36.1 Å². The molecule has 200 valence electrons. The van der Waals surface area contributed by atoms with E-state index in [1.54, 1.807) is 0 Å². The van der Waals surface area contributed by atoms with Crippen molar-refractivity contribution in [3.63, 3.8) is 0 Å². The Morgan fingerprint density at radius 1 is 0.949 bits per heavy atom. The normalized spacial score (nSPS) is 19.4. The van der Waals surface area contributed by atoms with Crippen LogP contribution < -0.4 is 15.1 Å². The molecule has 0 aliphatic carbocycles. The lowest BCUT2D eigenvalue weighted by Gasteiger charge is -2.31. The number of pyridine rings is 1. The van der Waals surface area contributed by atoms with E-state index in [0.717, 1.165) is 59.8 Å². The Morgan fingerprint density at radius 3 is 2.41 bits per heavy atom. The lowest BCUT2D eigenvalue weighted by atomic mass is 9.96. The van der Waals surface area contributed by atoms with Gasteiger partial charge in [-0.15, -0.1) is 0 Å². The number of nitrogens with one attached hydrogen (secondary N) is 1. The number of ether oxygens (including phenoxy) is 1. The number of anilines is 2. The maximum atomic E-state index is 6.43. The van der Waals surface area contributed by atoms with E-state index in [4.69, 9.17) is 33.5 Å². The maximum Gasteiger partial charge on any atom is 0.174 e. The van der Waals surface area contributed by atoms with Crippen LogP contribution in [0.1, 0.15) is 40.3 Å². The topological polar surface area (TPSA) is 45.6 Å². The Hall–Kier alpha value is -3.39. The molecule has 6 rings (SSSR count). The molecule has 2 fully saturated rings. The molecule has 2 aromatic carbocycles. The molecule has 39 heavy (non-hydrogen) atoms. The van der Waals surface area contributed by atoms with Crippen LogP contribution in [0.5, 0.6) is 0 Å². The Labute approximate surface area is 240 Å². The second-order valence-electron chi connectivity index (χ2n) is 10.2. The highest BCUT2D eigenvalue weighted by molar-refractivity contribution is 7.80. The fourth-order valence-electron chi connectivity index (χ4n) is 5.88. The molecule has 0 unspecified atom stereocenters. The molecule has 0 radical (unpaired) electrons. The highest BCUT2D eigenvalue weighted by atomic mass is 35.5. The van der Waals surface area contributed by atoms with Gasteiger partial charge in [-0.25, -0.2) is 0 Å². The van der Waals surface area contributed by atoms with Gasteiger partial charge in [-0.05, 0) is 98.7 Å². The monoisotopic (exact) mass is 557 g/mol. The quantitative estimate of drug-likeness (QED) is 0.284. The second kappa shape index (κ2) is 10.6. The first-order chi connectivity index (χ1) is 18.9. The number of benzene rings is 2. The van der Waals surface area contributed by atoms with Crippen molar-refractivity contribution in [2.45, 2.75) is 32.9 Å². The summed E-state index contributed by atoms with van der Waals surface area (Å²) in [4.78, 5) is 9.33. The van der Waals surface area contributed by atoms with E-state index < -0.39 is 0 Å². The number of hydrogen-bond acceptors (Lipinski definition) is 4. The third-order valence-corrected chi connectivity index (χ3v) is 8.35. The predicted molar refractivity (Wildman–Crippen MR) is 162 cm³/mol. The zero-order valence-electron chi connectivity index (χ0n) is 22.4. The fraction of sp³-hybridized carbons (Fsp3) is 0.290. The summed E-state index contributed by atoms with van der Waals surface area (Å²) in [6.07, 6.45) is 1.84. The fourth-order valence-corrected chi connectivity index (χ4v) is 6.39. The molecule has 0 bridgehead atoms. The lowest BCUT2D eigenvalue weighted by Crippen LogP contribution is -2.36. The van der Waals surface area contributed by atoms with Crippen LogP contribution >= 0.6 is 23.8 Å². The number of morpholine rings is 1. The first-order valence-electron chi connectivity index (χ1n) is 13.3. The molecule has 2 saturated heterocycles. The van der Waals surface area contributed by atoms with Crippen LogP contribution in [0.25, 0.3) is 5.69 Å². The largest absolute Gasteiger partial charge is 0.378 e. The smallest absolute Gasteiger partial charge is 0.174 e. The zero-order chi connectivity index (χ0) is 27.1. The van der Waals surface area contributed by atoms with Gasteiger partial charge in [0.1, 0.15) is 0 Å². The SMILES string of the molecule is Cc1ccc(Cl)cc1-n1c(C)cc([C@@H]2[C@@H](c3ccccn3)NC(=S)N2c2ccc(N3CCOCC3)cc2)c1C. The second-order valence-corrected chi connectivity index (χ2v) is 11.0. The summed E-state index contributed by atoms with van der Waals surface area (Å²) in [5, 5.41) is 5.02. The van der Waals surface area contributed by atoms with Crippen molar-refractivity contribution in [1.29, 1.82) is 0 Å². The van der Waals surface area contributed by atoms with Gasteiger partial charge in [-0.1, -0.05) is 23.7 Å². The first-order valence-corrected chi connectivity index (χ1v) is 14.1. The number of hydrogen-bond donors (Lipinski definition) is 1. The molecule has 0 saturated carbocycles. The minimum Gasteiger partial charge on any atom is -0.378 e. The third kappa shape index (κ3) is 4.80. The van der Waals surface area contributed by atoms with Gasteiger partial charge in [-0.3, -0.25) is 4.98 Å². The Balaban J connectivity index is 1.45. The molecule has 0 amide bonds. The minimum absolute atomic E-state index is 0.0823. The summed E-state index contributed by atoms with van der Waals surface area (Å²) in [6, 6.07) is 22.9. The van der Waals surface area contributed by atoms with Crippen LogP contribution in [0.2, 0.25) is 5.02 Å². The molecule has 0 spiro atoms. The van der Waals surface area contributed by atoms with Gasteiger partial charge >= 0.3 is 0 Å². The molecule has 2 aliphatic rings. The summed E-state index contributed by atoms with van der Waals surface area (Å²) in [7, 11) is 0. The van der Waals surface area contributed by atoms with E-state index in [2.05, 4.69) is 82.9 Å². The summed E-state index contributed by atoms with van der Waals surface area (Å²) in [5.74, 6) is 0. The van der Waals surface area contributed by atoms with Gasteiger partial charge in [0.2, 0.25) is 0 Å².